The molecule has 7 heteroatoms. The van der Waals surface area contributed by atoms with Crippen LogP contribution in [0.25, 0.3) is 22.5 Å². The highest BCUT2D eigenvalue weighted by molar-refractivity contribution is 6.30. The molecule has 1 aliphatic rings. The van der Waals surface area contributed by atoms with Crippen LogP contribution < -0.4 is 0 Å². The molecule has 0 unspecified atom stereocenters. The van der Waals surface area contributed by atoms with Gasteiger partial charge in [-0.25, -0.2) is 14.4 Å². The Balaban J connectivity index is 1.40. The van der Waals surface area contributed by atoms with Gasteiger partial charge in [-0.2, -0.15) is 0 Å². The van der Waals surface area contributed by atoms with Gasteiger partial charge in [0.15, 0.2) is 0 Å². The fraction of sp³-hybridized carbons (Fsp3) is 0.273. The molecule has 5 nitrogen and oxygen atoms in total. The largest absolute Gasteiger partial charge is 0.441 e. The van der Waals surface area contributed by atoms with E-state index in [0.717, 1.165) is 53.3 Å². The first kappa shape index (κ1) is 18.3. The van der Waals surface area contributed by atoms with Crippen molar-refractivity contribution in [2.75, 3.05) is 6.54 Å². The monoisotopic (exact) mass is 410 g/mol. The lowest BCUT2D eigenvalue weighted by Gasteiger charge is -2.21. The van der Waals surface area contributed by atoms with Gasteiger partial charge in [0, 0.05) is 17.1 Å². The second kappa shape index (κ2) is 7.28. The standard InChI is InChI=1S/C22H20ClFN4O/c1-13-19(27-22(29-13)14-4-2-5-15(23)10-14)12-28-9-3-6-20(28)21-25-17-8-7-16(24)11-18(17)26-21/h2,4-5,7-8,10-11,20H,3,6,9,12H2,1H3,(H,25,26)/t20-/m0/s1. The van der Waals surface area contributed by atoms with Gasteiger partial charge < -0.3 is 9.40 Å². The molecule has 29 heavy (non-hydrogen) atoms. The summed E-state index contributed by atoms with van der Waals surface area (Å²) in [6.45, 7) is 3.56. The Bertz CT molecular complexity index is 1180. The van der Waals surface area contributed by atoms with Crippen LogP contribution in [-0.2, 0) is 6.54 Å². The van der Waals surface area contributed by atoms with E-state index in [0.29, 0.717) is 17.5 Å². The lowest BCUT2D eigenvalue weighted by atomic mass is 10.2. The van der Waals surface area contributed by atoms with Gasteiger partial charge in [0.1, 0.15) is 17.4 Å². The fourth-order valence-electron chi connectivity index (χ4n) is 4.00. The number of hydrogen-bond acceptors (Lipinski definition) is 4. The molecule has 1 aliphatic heterocycles. The van der Waals surface area contributed by atoms with E-state index in [1.165, 1.54) is 12.1 Å². The van der Waals surface area contributed by atoms with Crippen molar-refractivity contribution in [3.63, 3.8) is 0 Å². The van der Waals surface area contributed by atoms with Gasteiger partial charge in [-0.1, -0.05) is 17.7 Å². The average Bonchev–Trinajstić information content (AvgIpc) is 3.40. The summed E-state index contributed by atoms with van der Waals surface area (Å²) in [6, 6.07) is 12.3. The molecular formula is C22H20ClFN4O. The SMILES string of the molecule is Cc1oc(-c2cccc(Cl)c2)nc1CN1CCC[C@H]1c1nc2ccc(F)cc2[nH]1. The number of aryl methyl sites for hydroxylation is 1. The van der Waals surface area contributed by atoms with Gasteiger partial charge in [-0.3, -0.25) is 4.90 Å². The zero-order valence-corrected chi connectivity index (χ0v) is 16.7. The first-order valence-corrected chi connectivity index (χ1v) is 10.1. The Kier molecular flexibility index (Phi) is 4.60. The number of H-pyrrole nitrogens is 1. The maximum Gasteiger partial charge on any atom is 0.226 e. The van der Waals surface area contributed by atoms with E-state index < -0.39 is 0 Å². The van der Waals surface area contributed by atoms with Gasteiger partial charge in [-0.15, -0.1) is 0 Å². The minimum atomic E-state index is -0.261. The average molecular weight is 411 g/mol. The summed E-state index contributed by atoms with van der Waals surface area (Å²) in [4.78, 5) is 15.1. The molecule has 1 fully saturated rings. The molecule has 1 saturated heterocycles. The molecule has 1 atom stereocenters. The van der Waals surface area contributed by atoms with Gasteiger partial charge in [-0.05, 0) is 62.7 Å². The molecule has 1 N–H and O–H groups in total. The molecule has 0 aliphatic carbocycles. The highest BCUT2D eigenvalue weighted by Gasteiger charge is 2.30. The number of imidazole rings is 1. The molecule has 0 bridgehead atoms. The van der Waals surface area contributed by atoms with Crippen molar-refractivity contribution < 1.29 is 8.81 Å². The summed E-state index contributed by atoms with van der Waals surface area (Å²) in [5.74, 6) is 1.99. The topological polar surface area (TPSA) is 58.0 Å². The van der Waals surface area contributed by atoms with E-state index in [9.17, 15) is 4.39 Å². The second-order valence-corrected chi connectivity index (χ2v) is 7.88. The number of oxazole rings is 1. The number of nitrogens with zero attached hydrogens (tertiary/aromatic N) is 3. The summed E-state index contributed by atoms with van der Waals surface area (Å²) >= 11 is 6.10. The predicted molar refractivity (Wildman–Crippen MR) is 110 cm³/mol. The van der Waals surface area contributed by atoms with Gasteiger partial charge in [0.25, 0.3) is 0 Å². The number of aromatic nitrogens is 3. The summed E-state index contributed by atoms with van der Waals surface area (Å²) < 4.78 is 19.4. The Morgan fingerprint density at radius 3 is 3.00 bits per heavy atom. The first-order chi connectivity index (χ1) is 14.1. The smallest absolute Gasteiger partial charge is 0.226 e. The molecular weight excluding hydrogens is 391 g/mol. The maximum absolute atomic E-state index is 13.5. The molecule has 148 valence electrons. The van der Waals surface area contributed by atoms with E-state index >= 15 is 0 Å². The number of likely N-dealkylation sites (tertiary alicyclic amines) is 1. The first-order valence-electron chi connectivity index (χ1n) is 9.68. The number of fused-ring (bicyclic) bond motifs is 1. The normalized spacial score (nSPS) is 17.4. The molecule has 5 rings (SSSR count). The van der Waals surface area contributed by atoms with Crippen LogP contribution in [0.3, 0.4) is 0 Å². The molecule has 0 saturated carbocycles. The van der Waals surface area contributed by atoms with Crippen LogP contribution in [0.4, 0.5) is 4.39 Å². The molecule has 0 amide bonds. The van der Waals surface area contributed by atoms with Crippen LogP contribution in [0.2, 0.25) is 5.02 Å². The minimum Gasteiger partial charge on any atom is -0.441 e. The van der Waals surface area contributed by atoms with Gasteiger partial charge in [0.2, 0.25) is 5.89 Å². The van der Waals surface area contributed by atoms with Crippen molar-refractivity contribution in [2.45, 2.75) is 32.4 Å². The molecule has 2 aromatic heterocycles. The molecule has 3 heterocycles. The molecule has 0 spiro atoms. The predicted octanol–water partition coefficient (Wildman–Crippen LogP) is 5.66. The van der Waals surface area contributed by atoms with Crippen molar-refractivity contribution >= 4 is 22.6 Å². The summed E-state index contributed by atoms with van der Waals surface area (Å²) in [7, 11) is 0. The third-order valence-electron chi connectivity index (χ3n) is 5.46. The number of aromatic amines is 1. The summed E-state index contributed by atoms with van der Waals surface area (Å²) in [6.07, 6.45) is 2.08. The Hall–Kier alpha value is -2.70. The van der Waals surface area contributed by atoms with E-state index in [2.05, 4.69) is 9.88 Å². The van der Waals surface area contributed by atoms with E-state index in [4.69, 9.17) is 26.0 Å². The molecule has 4 aromatic rings. The molecule has 2 aromatic carbocycles. The number of benzene rings is 2. The zero-order valence-electron chi connectivity index (χ0n) is 16.0. The molecule has 0 radical (unpaired) electrons. The van der Waals surface area contributed by atoms with Crippen LogP contribution in [0.5, 0.6) is 0 Å². The second-order valence-electron chi connectivity index (χ2n) is 7.44. The summed E-state index contributed by atoms with van der Waals surface area (Å²) in [5.41, 5.74) is 3.29. The van der Waals surface area contributed by atoms with Gasteiger partial charge in [0.05, 0.1) is 22.8 Å². The third kappa shape index (κ3) is 3.54. The van der Waals surface area contributed by atoms with Crippen molar-refractivity contribution in [1.29, 1.82) is 0 Å². The van der Waals surface area contributed by atoms with Crippen molar-refractivity contribution in [3.8, 4) is 11.5 Å². The van der Waals surface area contributed by atoms with Crippen molar-refractivity contribution in [3.05, 3.63) is 70.6 Å². The van der Waals surface area contributed by atoms with Crippen LogP contribution in [-0.4, -0.2) is 26.4 Å². The van der Waals surface area contributed by atoms with E-state index in [1.54, 1.807) is 6.07 Å². The zero-order chi connectivity index (χ0) is 20.0. The van der Waals surface area contributed by atoms with Crippen LogP contribution in [0.1, 0.15) is 36.2 Å². The highest BCUT2D eigenvalue weighted by atomic mass is 35.5. The quantitative estimate of drug-likeness (QED) is 0.472. The van der Waals surface area contributed by atoms with Crippen LogP contribution in [0, 0.1) is 12.7 Å². The van der Waals surface area contributed by atoms with E-state index in [-0.39, 0.29) is 11.9 Å². The lowest BCUT2D eigenvalue weighted by Crippen LogP contribution is -2.24. The van der Waals surface area contributed by atoms with Crippen molar-refractivity contribution in [1.82, 2.24) is 19.9 Å². The van der Waals surface area contributed by atoms with Crippen LogP contribution in [0.15, 0.2) is 46.9 Å². The maximum atomic E-state index is 13.5. The fourth-order valence-corrected chi connectivity index (χ4v) is 4.19. The number of rotatable bonds is 4. The minimum absolute atomic E-state index is 0.149. The summed E-state index contributed by atoms with van der Waals surface area (Å²) in [5, 5.41) is 0.654. The number of hydrogen-bond donors (Lipinski definition) is 1. The third-order valence-corrected chi connectivity index (χ3v) is 5.69. The Morgan fingerprint density at radius 1 is 1.24 bits per heavy atom. The van der Waals surface area contributed by atoms with Gasteiger partial charge >= 0.3 is 0 Å². The lowest BCUT2D eigenvalue weighted by molar-refractivity contribution is 0.237. The van der Waals surface area contributed by atoms with Crippen LogP contribution >= 0.6 is 11.6 Å². The number of nitrogens with one attached hydrogen (secondary N) is 1. The number of halogens is 2. The Morgan fingerprint density at radius 2 is 2.14 bits per heavy atom. The Labute approximate surface area is 172 Å². The van der Waals surface area contributed by atoms with Crippen molar-refractivity contribution in [2.24, 2.45) is 0 Å². The van der Waals surface area contributed by atoms with E-state index in [1.807, 2.05) is 31.2 Å². The highest BCUT2D eigenvalue weighted by Crippen LogP contribution is 2.34.